The van der Waals surface area contributed by atoms with Crippen LogP contribution in [0.4, 0.5) is 14.6 Å². The number of nitrogens with zero attached hydrogens (tertiary/aromatic N) is 5. The SMILES string of the molecule is N#Cc1cc(F)cc([C@H]2C[C@H](F)CN2c2ccc3ncc(C(N)=O)n3n2)c1. The number of carbonyl (C=O) groups is 1. The Morgan fingerprint density at radius 3 is 2.89 bits per heavy atom. The van der Waals surface area contributed by atoms with Crippen molar-refractivity contribution < 1.29 is 13.6 Å². The summed E-state index contributed by atoms with van der Waals surface area (Å²) in [5.41, 5.74) is 6.53. The van der Waals surface area contributed by atoms with Gasteiger partial charge >= 0.3 is 0 Å². The van der Waals surface area contributed by atoms with E-state index in [4.69, 9.17) is 11.0 Å². The zero-order valence-corrected chi connectivity index (χ0v) is 14.0. The number of aromatic nitrogens is 3. The number of carbonyl (C=O) groups excluding carboxylic acids is 1. The standard InChI is InChI=1S/C18H14F2N6O/c19-12-4-10(7-21)3-11(5-12)14-6-13(20)9-25(14)17-2-1-16-23-8-15(18(22)27)26(16)24-17/h1-5,8,13-14H,6,9H2,(H2,22,27)/t13-,14+/m0/s1. The van der Waals surface area contributed by atoms with Gasteiger partial charge in [0.15, 0.2) is 5.65 Å². The zero-order valence-electron chi connectivity index (χ0n) is 14.0. The smallest absolute Gasteiger partial charge is 0.269 e. The van der Waals surface area contributed by atoms with Gasteiger partial charge in [0.25, 0.3) is 5.91 Å². The van der Waals surface area contributed by atoms with Crippen LogP contribution in [-0.4, -0.2) is 33.2 Å². The number of amides is 1. The monoisotopic (exact) mass is 368 g/mol. The van der Waals surface area contributed by atoms with Crippen molar-refractivity contribution in [3.63, 3.8) is 0 Å². The molecule has 3 aromatic rings. The number of primary amides is 1. The van der Waals surface area contributed by atoms with Crippen molar-refractivity contribution in [2.45, 2.75) is 18.6 Å². The summed E-state index contributed by atoms with van der Waals surface area (Å²) in [5, 5.41) is 13.4. The third-order valence-electron chi connectivity index (χ3n) is 4.58. The van der Waals surface area contributed by atoms with Gasteiger partial charge in [0, 0.05) is 6.42 Å². The fourth-order valence-electron chi connectivity index (χ4n) is 3.41. The predicted octanol–water partition coefficient (Wildman–Crippen LogP) is 2.13. The maximum Gasteiger partial charge on any atom is 0.269 e. The Labute approximate surface area is 152 Å². The number of imidazole rings is 1. The van der Waals surface area contributed by atoms with Gasteiger partial charge in [0.05, 0.1) is 30.4 Å². The van der Waals surface area contributed by atoms with Crippen LogP contribution in [0.2, 0.25) is 0 Å². The molecule has 27 heavy (non-hydrogen) atoms. The topological polar surface area (TPSA) is 100 Å². The average molecular weight is 368 g/mol. The Hall–Kier alpha value is -3.54. The molecule has 1 saturated heterocycles. The van der Waals surface area contributed by atoms with Crippen LogP contribution in [0, 0.1) is 17.1 Å². The number of fused-ring (bicyclic) bond motifs is 1. The summed E-state index contributed by atoms with van der Waals surface area (Å²) in [7, 11) is 0. The van der Waals surface area contributed by atoms with Crippen LogP contribution in [0.15, 0.2) is 36.5 Å². The summed E-state index contributed by atoms with van der Waals surface area (Å²) in [6, 6.07) is 8.68. The first kappa shape index (κ1) is 16.9. The largest absolute Gasteiger partial charge is 0.364 e. The molecule has 2 aromatic heterocycles. The zero-order chi connectivity index (χ0) is 19.1. The lowest BCUT2D eigenvalue weighted by atomic mass is 10.0. The van der Waals surface area contributed by atoms with E-state index < -0.39 is 23.9 Å². The molecule has 0 aliphatic carbocycles. The normalized spacial score (nSPS) is 19.4. The van der Waals surface area contributed by atoms with Gasteiger partial charge in [-0.05, 0) is 35.9 Å². The molecule has 1 fully saturated rings. The number of anilines is 1. The van der Waals surface area contributed by atoms with E-state index in [1.165, 1.54) is 16.8 Å². The molecule has 9 heteroatoms. The number of hydrogen-bond donors (Lipinski definition) is 1. The number of alkyl halides is 1. The molecule has 7 nitrogen and oxygen atoms in total. The molecule has 0 saturated carbocycles. The average Bonchev–Trinajstić information content (AvgIpc) is 3.24. The van der Waals surface area contributed by atoms with E-state index in [0.717, 1.165) is 6.07 Å². The van der Waals surface area contributed by atoms with E-state index in [2.05, 4.69) is 10.1 Å². The third-order valence-corrected chi connectivity index (χ3v) is 4.58. The first-order valence-electron chi connectivity index (χ1n) is 8.22. The van der Waals surface area contributed by atoms with Gasteiger partial charge < -0.3 is 10.6 Å². The van der Waals surface area contributed by atoms with Crippen molar-refractivity contribution in [1.29, 1.82) is 5.26 Å². The summed E-state index contributed by atoms with van der Waals surface area (Å²) in [6.07, 6.45) is 0.319. The minimum absolute atomic E-state index is 0.0577. The number of hydrogen-bond acceptors (Lipinski definition) is 5. The van der Waals surface area contributed by atoms with E-state index in [1.54, 1.807) is 23.1 Å². The van der Waals surface area contributed by atoms with Crippen molar-refractivity contribution in [2.75, 3.05) is 11.4 Å². The lowest BCUT2D eigenvalue weighted by Gasteiger charge is -2.25. The Kier molecular flexibility index (Phi) is 3.96. The Morgan fingerprint density at radius 1 is 1.33 bits per heavy atom. The van der Waals surface area contributed by atoms with Gasteiger partial charge in [-0.2, -0.15) is 5.26 Å². The van der Waals surface area contributed by atoms with E-state index in [9.17, 15) is 13.6 Å². The molecule has 136 valence electrons. The minimum Gasteiger partial charge on any atom is -0.364 e. The molecule has 3 heterocycles. The van der Waals surface area contributed by atoms with Crippen LogP contribution >= 0.6 is 0 Å². The van der Waals surface area contributed by atoms with Gasteiger partial charge in [0.2, 0.25) is 0 Å². The fraction of sp³-hybridized carbons (Fsp3) is 0.222. The molecule has 0 radical (unpaired) electrons. The summed E-state index contributed by atoms with van der Waals surface area (Å²) in [6.45, 7) is 0.0577. The third kappa shape index (κ3) is 2.95. The number of nitrogens with two attached hydrogens (primary N) is 1. The molecule has 1 aliphatic rings. The molecular weight excluding hydrogens is 354 g/mol. The fourth-order valence-corrected chi connectivity index (χ4v) is 3.41. The van der Waals surface area contributed by atoms with Gasteiger partial charge in [-0.1, -0.05) is 0 Å². The number of halogens is 2. The van der Waals surface area contributed by atoms with E-state index in [-0.39, 0.29) is 24.2 Å². The van der Waals surface area contributed by atoms with Crippen molar-refractivity contribution in [3.05, 3.63) is 59.2 Å². The molecule has 2 atom stereocenters. The van der Waals surface area contributed by atoms with Gasteiger partial charge in [-0.3, -0.25) is 4.79 Å². The quantitative estimate of drug-likeness (QED) is 0.763. The van der Waals surface area contributed by atoms with E-state index in [0.29, 0.717) is 17.0 Å². The van der Waals surface area contributed by atoms with Crippen molar-refractivity contribution in [1.82, 2.24) is 14.6 Å². The van der Waals surface area contributed by atoms with Crippen LogP contribution in [-0.2, 0) is 0 Å². The second-order valence-corrected chi connectivity index (χ2v) is 6.36. The highest BCUT2D eigenvalue weighted by molar-refractivity contribution is 5.91. The lowest BCUT2D eigenvalue weighted by molar-refractivity contribution is 0.0993. The summed E-state index contributed by atoms with van der Waals surface area (Å²) < 4.78 is 29.4. The molecule has 2 N–H and O–H groups in total. The molecule has 1 amide bonds. The number of nitriles is 1. The summed E-state index contributed by atoms with van der Waals surface area (Å²) in [5.74, 6) is -0.839. The maximum absolute atomic E-state index is 14.2. The Morgan fingerprint density at radius 2 is 2.15 bits per heavy atom. The molecule has 4 rings (SSSR count). The number of benzene rings is 1. The highest BCUT2D eigenvalue weighted by atomic mass is 19.1. The highest BCUT2D eigenvalue weighted by Crippen LogP contribution is 2.37. The number of rotatable bonds is 3. The van der Waals surface area contributed by atoms with Crippen molar-refractivity contribution in [2.24, 2.45) is 5.73 Å². The van der Waals surface area contributed by atoms with E-state index >= 15 is 0 Å². The Balaban J connectivity index is 1.79. The van der Waals surface area contributed by atoms with Crippen LogP contribution in [0.3, 0.4) is 0 Å². The molecule has 1 aromatic carbocycles. The van der Waals surface area contributed by atoms with Crippen LogP contribution in [0.25, 0.3) is 5.65 Å². The molecule has 0 bridgehead atoms. The summed E-state index contributed by atoms with van der Waals surface area (Å²) in [4.78, 5) is 17.3. The Bertz CT molecular complexity index is 1090. The van der Waals surface area contributed by atoms with Crippen LogP contribution < -0.4 is 10.6 Å². The summed E-state index contributed by atoms with van der Waals surface area (Å²) >= 11 is 0. The predicted molar refractivity (Wildman–Crippen MR) is 92.2 cm³/mol. The van der Waals surface area contributed by atoms with E-state index in [1.807, 2.05) is 6.07 Å². The van der Waals surface area contributed by atoms with Crippen LogP contribution in [0.1, 0.15) is 34.1 Å². The minimum atomic E-state index is -1.14. The lowest BCUT2D eigenvalue weighted by Crippen LogP contribution is -2.26. The highest BCUT2D eigenvalue weighted by Gasteiger charge is 2.35. The van der Waals surface area contributed by atoms with Crippen molar-refractivity contribution in [3.8, 4) is 6.07 Å². The molecule has 1 aliphatic heterocycles. The first-order chi connectivity index (χ1) is 13.0. The molecule has 0 unspecified atom stereocenters. The van der Waals surface area contributed by atoms with Crippen LogP contribution in [0.5, 0.6) is 0 Å². The maximum atomic E-state index is 14.2. The first-order valence-corrected chi connectivity index (χ1v) is 8.22. The van der Waals surface area contributed by atoms with Crippen molar-refractivity contribution >= 4 is 17.4 Å². The second kappa shape index (κ2) is 6.32. The van der Waals surface area contributed by atoms with Gasteiger partial charge in [0.1, 0.15) is 23.5 Å². The van der Waals surface area contributed by atoms with Gasteiger partial charge in [-0.25, -0.2) is 18.3 Å². The second-order valence-electron chi connectivity index (χ2n) is 6.36. The molecule has 0 spiro atoms. The van der Waals surface area contributed by atoms with Gasteiger partial charge in [-0.15, -0.1) is 5.10 Å². The molecular formula is C18H14F2N6O.